The first kappa shape index (κ1) is 32.6. The van der Waals surface area contributed by atoms with Gasteiger partial charge in [0, 0.05) is 45.5 Å². The Hall–Kier alpha value is -6.78. The molecule has 2 aliphatic carbocycles. The molecule has 0 radical (unpaired) electrons. The molecule has 3 atom stereocenters. The van der Waals surface area contributed by atoms with Crippen molar-refractivity contribution in [1.29, 1.82) is 0 Å². The van der Waals surface area contributed by atoms with Crippen LogP contribution in [-0.4, -0.2) is 22.2 Å². The second-order valence-electron chi connectivity index (χ2n) is 15.1. The van der Waals surface area contributed by atoms with Gasteiger partial charge in [-0.1, -0.05) is 164 Å². The number of hydrogen-bond acceptors (Lipinski definition) is 3. The molecule has 0 fully saturated rings. The molecular weight excluding hydrogens is 683 g/mol. The molecule has 11 rings (SSSR count). The van der Waals surface area contributed by atoms with Crippen molar-refractivity contribution in [2.75, 3.05) is 0 Å². The highest BCUT2D eigenvalue weighted by molar-refractivity contribution is 6.24. The lowest BCUT2D eigenvalue weighted by Crippen LogP contribution is -2.24. The molecule has 4 aliphatic rings. The van der Waals surface area contributed by atoms with E-state index in [4.69, 9.17) is 14.7 Å². The highest BCUT2D eigenvalue weighted by Crippen LogP contribution is 2.50. The molecule has 0 saturated carbocycles. The first-order valence-corrected chi connectivity index (χ1v) is 19.7. The Kier molecular flexibility index (Phi) is 7.87. The number of allylic oxidation sites excluding steroid dienone is 6. The summed E-state index contributed by atoms with van der Waals surface area (Å²) >= 11 is 0. The van der Waals surface area contributed by atoms with E-state index in [1.807, 2.05) is 0 Å². The molecule has 7 aromatic rings. The van der Waals surface area contributed by atoms with E-state index in [2.05, 4.69) is 187 Å². The molecule has 0 saturated heterocycles. The van der Waals surface area contributed by atoms with Gasteiger partial charge in [0.15, 0.2) is 5.84 Å². The van der Waals surface area contributed by atoms with E-state index >= 15 is 0 Å². The average Bonchev–Trinajstić information content (AvgIpc) is 3.84. The third-order valence-electron chi connectivity index (χ3n) is 11.8. The molecule has 6 aromatic carbocycles. The SMILES string of the molecule is C1=CCCC(C2=NC(c3cccc4c3c3ccccc3n4C3=CC=CC4c5cccc(-c6ccccc6)c5OC34)=NC(c3ccc(-c4ccccc4)cc3)C2)=C1. The van der Waals surface area contributed by atoms with Crippen molar-refractivity contribution in [2.24, 2.45) is 9.98 Å². The van der Waals surface area contributed by atoms with Gasteiger partial charge in [0.25, 0.3) is 0 Å². The van der Waals surface area contributed by atoms with E-state index in [0.717, 1.165) is 75.4 Å². The second-order valence-corrected chi connectivity index (χ2v) is 15.1. The maximum absolute atomic E-state index is 7.06. The van der Waals surface area contributed by atoms with Crippen LogP contribution in [0.25, 0.3) is 49.8 Å². The summed E-state index contributed by atoms with van der Waals surface area (Å²) in [4.78, 5) is 10.9. The number of amidine groups is 1. The summed E-state index contributed by atoms with van der Waals surface area (Å²) in [6.45, 7) is 0. The number of aliphatic imine (C=N–C) groups is 2. The van der Waals surface area contributed by atoms with Crippen LogP contribution in [0, 0.1) is 0 Å². The van der Waals surface area contributed by atoms with Crippen molar-refractivity contribution in [3.63, 3.8) is 0 Å². The quantitative estimate of drug-likeness (QED) is 0.168. The first-order chi connectivity index (χ1) is 27.8. The van der Waals surface area contributed by atoms with Gasteiger partial charge in [-0.2, -0.15) is 0 Å². The van der Waals surface area contributed by atoms with Gasteiger partial charge in [-0.15, -0.1) is 0 Å². The van der Waals surface area contributed by atoms with Crippen molar-refractivity contribution in [3.8, 4) is 28.0 Å². The predicted octanol–water partition coefficient (Wildman–Crippen LogP) is 12.7. The first-order valence-electron chi connectivity index (χ1n) is 19.7. The van der Waals surface area contributed by atoms with E-state index in [0.29, 0.717) is 0 Å². The van der Waals surface area contributed by atoms with Crippen LogP contribution in [0.5, 0.6) is 5.75 Å². The maximum atomic E-state index is 7.06. The van der Waals surface area contributed by atoms with Gasteiger partial charge in [0.1, 0.15) is 11.9 Å². The summed E-state index contributed by atoms with van der Waals surface area (Å²) in [5, 5.41) is 2.34. The molecule has 0 amide bonds. The minimum atomic E-state index is -0.172. The fourth-order valence-corrected chi connectivity index (χ4v) is 9.14. The van der Waals surface area contributed by atoms with Gasteiger partial charge in [-0.25, -0.2) is 4.99 Å². The number of ether oxygens (including phenoxy) is 1. The second kappa shape index (κ2) is 13.5. The third-order valence-corrected chi connectivity index (χ3v) is 11.8. The van der Waals surface area contributed by atoms with Crippen molar-refractivity contribution in [3.05, 3.63) is 204 Å². The Labute approximate surface area is 326 Å². The van der Waals surface area contributed by atoms with Crippen molar-refractivity contribution in [2.45, 2.75) is 37.3 Å². The van der Waals surface area contributed by atoms with Crippen molar-refractivity contribution in [1.82, 2.24) is 4.57 Å². The van der Waals surface area contributed by atoms with Crippen LogP contribution in [-0.2, 0) is 0 Å². The number of rotatable bonds is 6. The molecule has 0 bridgehead atoms. The van der Waals surface area contributed by atoms with E-state index in [1.54, 1.807) is 0 Å². The molecule has 268 valence electrons. The van der Waals surface area contributed by atoms with Crippen LogP contribution in [0.3, 0.4) is 0 Å². The summed E-state index contributed by atoms with van der Waals surface area (Å²) in [5.74, 6) is 1.87. The minimum absolute atomic E-state index is 0.0473. The molecule has 3 unspecified atom stereocenters. The smallest absolute Gasteiger partial charge is 0.156 e. The lowest BCUT2D eigenvalue weighted by atomic mass is 9.88. The summed E-state index contributed by atoms with van der Waals surface area (Å²) in [5.41, 5.74) is 14.0. The fraction of sp³-hybridized carbons (Fsp3) is 0.115. The summed E-state index contributed by atoms with van der Waals surface area (Å²) in [6, 6.07) is 52.0. The lowest BCUT2D eigenvalue weighted by molar-refractivity contribution is 0.273. The fourth-order valence-electron chi connectivity index (χ4n) is 9.14. The topological polar surface area (TPSA) is 38.9 Å². The van der Waals surface area contributed by atoms with Gasteiger partial charge >= 0.3 is 0 Å². The standard InChI is InChI=1S/C52H39N3O/c1-4-15-34(16-5-1)35-29-31-38(32-30-35)45-33-44(37-19-8-3-9-20-37)53-52(54-45)43-25-14-27-47-49(43)42-21-10-11-26-46(42)55(47)48-28-13-24-41-40-23-12-22-39(50(40)56-51(41)48)36-17-6-2-7-18-36/h1-8,10-19,21-32,41,45,51H,9,20,33H2. The molecule has 2 aliphatic heterocycles. The zero-order valence-corrected chi connectivity index (χ0v) is 30.9. The molecule has 4 nitrogen and oxygen atoms in total. The molecule has 56 heavy (non-hydrogen) atoms. The monoisotopic (exact) mass is 721 g/mol. The maximum Gasteiger partial charge on any atom is 0.156 e. The summed E-state index contributed by atoms with van der Waals surface area (Å²) < 4.78 is 9.48. The van der Waals surface area contributed by atoms with Crippen LogP contribution in [0.2, 0.25) is 0 Å². The van der Waals surface area contributed by atoms with Crippen LogP contribution < -0.4 is 4.74 Å². The van der Waals surface area contributed by atoms with Crippen LogP contribution >= 0.6 is 0 Å². The Morgan fingerprint density at radius 3 is 2.18 bits per heavy atom. The van der Waals surface area contributed by atoms with Gasteiger partial charge in [-0.3, -0.25) is 4.99 Å². The lowest BCUT2D eigenvalue weighted by Gasteiger charge is -2.25. The van der Waals surface area contributed by atoms with Crippen molar-refractivity contribution >= 4 is 39.1 Å². The largest absolute Gasteiger partial charge is 0.482 e. The van der Waals surface area contributed by atoms with Crippen LogP contribution in [0.15, 0.2) is 198 Å². The number of fused-ring (bicyclic) bond motifs is 6. The molecular formula is C52H39N3O. The van der Waals surface area contributed by atoms with Gasteiger partial charge < -0.3 is 9.30 Å². The van der Waals surface area contributed by atoms with Gasteiger partial charge in [0.2, 0.25) is 0 Å². The molecule has 0 spiro atoms. The van der Waals surface area contributed by atoms with E-state index in [1.165, 1.54) is 33.2 Å². The van der Waals surface area contributed by atoms with E-state index in [9.17, 15) is 0 Å². The zero-order valence-electron chi connectivity index (χ0n) is 30.9. The van der Waals surface area contributed by atoms with Gasteiger partial charge in [0.05, 0.1) is 22.8 Å². The molecule has 4 heteroatoms. The normalized spacial score (nSPS) is 19.8. The van der Waals surface area contributed by atoms with Crippen molar-refractivity contribution < 1.29 is 4.74 Å². The molecule has 1 aromatic heterocycles. The highest BCUT2D eigenvalue weighted by atomic mass is 16.5. The van der Waals surface area contributed by atoms with Crippen LogP contribution in [0.4, 0.5) is 0 Å². The number of nitrogens with zero attached hydrogens (tertiary/aromatic N) is 3. The Balaban J connectivity index is 1.04. The highest BCUT2D eigenvalue weighted by Gasteiger charge is 2.39. The van der Waals surface area contributed by atoms with Gasteiger partial charge in [-0.05, 0) is 58.9 Å². The molecule has 0 N–H and O–H groups in total. The van der Waals surface area contributed by atoms with E-state index in [-0.39, 0.29) is 18.1 Å². The van der Waals surface area contributed by atoms with E-state index < -0.39 is 0 Å². The third kappa shape index (κ3) is 5.44. The average molecular weight is 722 g/mol. The summed E-state index contributed by atoms with van der Waals surface area (Å²) in [6.07, 6.45) is 16.0. The minimum Gasteiger partial charge on any atom is -0.482 e. The summed E-state index contributed by atoms with van der Waals surface area (Å²) in [7, 11) is 0. The zero-order chi connectivity index (χ0) is 37.0. The predicted molar refractivity (Wildman–Crippen MR) is 232 cm³/mol. The number of aromatic nitrogens is 1. The Bertz CT molecular complexity index is 2850. The number of para-hydroxylation sites is 2. The Morgan fingerprint density at radius 1 is 0.625 bits per heavy atom. The number of benzene rings is 6. The number of hydrogen-bond donors (Lipinski definition) is 0. The van der Waals surface area contributed by atoms with Crippen LogP contribution in [0.1, 0.15) is 47.9 Å². The molecule has 3 heterocycles. The Morgan fingerprint density at radius 2 is 1.36 bits per heavy atom.